The third kappa shape index (κ3) is 2.63. The van der Waals surface area contributed by atoms with Crippen molar-refractivity contribution < 1.29 is 9.34 Å². The summed E-state index contributed by atoms with van der Waals surface area (Å²) in [6.45, 7) is 0. The summed E-state index contributed by atoms with van der Waals surface area (Å²) in [5.41, 5.74) is 0.115. The van der Waals surface area contributed by atoms with Crippen LogP contribution in [0.5, 0.6) is 0 Å². The Morgan fingerprint density at radius 2 is 2.09 bits per heavy atom. The summed E-state index contributed by atoms with van der Waals surface area (Å²) in [5.74, 6) is 2.56. The third-order valence-corrected chi connectivity index (χ3v) is 8.62. The van der Waals surface area contributed by atoms with Gasteiger partial charge in [0.15, 0.2) is 5.76 Å². The number of nitrogens with zero attached hydrogens (tertiary/aromatic N) is 7. The van der Waals surface area contributed by atoms with Gasteiger partial charge >= 0.3 is 5.69 Å². The first-order chi connectivity index (χ1) is 15.5. The molecule has 0 spiro atoms. The maximum absolute atomic E-state index is 11.2. The fourth-order valence-electron chi connectivity index (χ4n) is 7.15. The van der Waals surface area contributed by atoms with Gasteiger partial charge in [-0.3, -0.25) is 14.8 Å². The number of hydrogen-bond donors (Lipinski definition) is 0. The summed E-state index contributed by atoms with van der Waals surface area (Å²) < 4.78 is 9.20. The van der Waals surface area contributed by atoms with E-state index in [0.29, 0.717) is 23.4 Å². The van der Waals surface area contributed by atoms with E-state index in [2.05, 4.69) is 15.3 Å². The van der Waals surface area contributed by atoms with Gasteiger partial charge in [0.05, 0.1) is 16.7 Å². The van der Waals surface area contributed by atoms with Gasteiger partial charge in [-0.05, 0) is 67.9 Å². The van der Waals surface area contributed by atoms with Crippen molar-refractivity contribution in [1.82, 2.24) is 29.6 Å². The van der Waals surface area contributed by atoms with Gasteiger partial charge in [-0.2, -0.15) is 14.7 Å². The molecule has 2 atom stereocenters. The second kappa shape index (κ2) is 6.25. The van der Waals surface area contributed by atoms with Crippen molar-refractivity contribution in [3.63, 3.8) is 0 Å². The van der Waals surface area contributed by atoms with Crippen LogP contribution >= 0.6 is 11.3 Å². The molecule has 4 fully saturated rings. The van der Waals surface area contributed by atoms with E-state index in [4.69, 9.17) is 9.52 Å². The van der Waals surface area contributed by atoms with Crippen LogP contribution in [0, 0.1) is 27.4 Å². The first-order valence-electron chi connectivity index (χ1n) is 11.0. The summed E-state index contributed by atoms with van der Waals surface area (Å²) in [7, 11) is 0. The normalized spacial score (nSPS) is 31.0. The maximum atomic E-state index is 11.2. The maximum Gasteiger partial charge on any atom is 0.307 e. The van der Waals surface area contributed by atoms with Crippen LogP contribution in [0.2, 0.25) is 0 Å². The Kier molecular flexibility index (Phi) is 3.61. The predicted octanol–water partition coefficient (Wildman–Crippen LogP) is 4.09. The van der Waals surface area contributed by atoms with Crippen LogP contribution in [0.25, 0.3) is 16.5 Å². The Bertz CT molecular complexity index is 1320. The molecule has 11 heteroatoms. The van der Waals surface area contributed by atoms with Crippen molar-refractivity contribution in [1.29, 1.82) is 0 Å². The highest BCUT2D eigenvalue weighted by Crippen LogP contribution is 2.65. The lowest BCUT2D eigenvalue weighted by Crippen LogP contribution is -2.57. The monoisotopic (exact) mass is 451 g/mol. The van der Waals surface area contributed by atoms with E-state index >= 15 is 0 Å². The summed E-state index contributed by atoms with van der Waals surface area (Å²) in [6.07, 6.45) is 12.3. The topological polar surface area (TPSA) is 117 Å². The van der Waals surface area contributed by atoms with E-state index < -0.39 is 0 Å². The van der Waals surface area contributed by atoms with Gasteiger partial charge in [-0.25, -0.2) is 0 Å². The Morgan fingerprint density at radius 1 is 1.25 bits per heavy atom. The molecular formula is C21H21N7O3S. The fraction of sp³-hybridized carbons (Fsp3) is 0.524. The Balaban J connectivity index is 1.23. The highest BCUT2D eigenvalue weighted by atomic mass is 32.1. The van der Waals surface area contributed by atoms with E-state index in [9.17, 15) is 10.1 Å². The lowest BCUT2D eigenvalue weighted by molar-refractivity contribution is -0.385. The average molecular weight is 452 g/mol. The zero-order chi connectivity index (χ0) is 21.5. The molecule has 4 aromatic heterocycles. The van der Waals surface area contributed by atoms with Gasteiger partial charge in [0.2, 0.25) is 10.8 Å². The standard InChI is InChI=1S/C21H21N7O3S/c29-28(30)15-10-22-26(11-15)21-7-13-4-14(8-21)6-20(5-13,12-21)9-17-25-27-18(16-2-1-3-31-16)23-24-19(27)32-17/h1-3,10-11,13-14H,4-9,12H2. The van der Waals surface area contributed by atoms with Crippen LogP contribution in [0.3, 0.4) is 0 Å². The molecule has 4 aromatic rings. The number of aromatic nitrogens is 6. The first-order valence-corrected chi connectivity index (χ1v) is 11.8. The van der Waals surface area contributed by atoms with Gasteiger partial charge in [0, 0.05) is 6.42 Å². The van der Waals surface area contributed by atoms with Crippen LogP contribution in [0.1, 0.15) is 43.5 Å². The van der Waals surface area contributed by atoms with Crippen molar-refractivity contribution in [2.24, 2.45) is 17.3 Å². The first kappa shape index (κ1) is 18.5. The molecule has 0 aromatic carbocycles. The molecular weight excluding hydrogens is 430 g/mol. The number of fused-ring (bicyclic) bond motifs is 1. The highest BCUT2D eigenvalue weighted by molar-refractivity contribution is 7.16. The second-order valence-corrected chi connectivity index (χ2v) is 11.0. The van der Waals surface area contributed by atoms with Gasteiger partial charge in [0.1, 0.15) is 17.4 Å². The van der Waals surface area contributed by atoms with E-state index in [1.54, 1.807) is 28.3 Å². The number of hydrogen-bond acceptors (Lipinski definition) is 8. The number of rotatable bonds is 5. The molecule has 10 nitrogen and oxygen atoms in total. The Hall–Kier alpha value is -3.08. The minimum absolute atomic E-state index is 0.0777. The van der Waals surface area contributed by atoms with Crippen LogP contribution < -0.4 is 0 Å². The Labute approximate surface area is 186 Å². The zero-order valence-corrected chi connectivity index (χ0v) is 18.1. The largest absolute Gasteiger partial charge is 0.461 e. The van der Waals surface area contributed by atoms with Crippen molar-refractivity contribution in [3.8, 4) is 11.6 Å². The SMILES string of the molecule is O=[N+]([O-])c1cnn(C23CC4CC(CC(Cc5nn6c(-c7ccco7)nnc6s5)(C4)C2)C3)c1. The van der Waals surface area contributed by atoms with Gasteiger partial charge in [0.25, 0.3) is 0 Å². The minimum atomic E-state index is -0.351. The molecule has 0 aliphatic heterocycles. The van der Waals surface area contributed by atoms with Gasteiger partial charge in [-0.15, -0.1) is 10.2 Å². The fourth-order valence-corrected chi connectivity index (χ4v) is 8.16. The molecule has 2 unspecified atom stereocenters. The molecule has 4 saturated carbocycles. The lowest BCUT2D eigenvalue weighted by atomic mass is 9.46. The summed E-state index contributed by atoms with van der Waals surface area (Å²) in [4.78, 5) is 11.7. The molecule has 0 saturated heterocycles. The molecule has 8 rings (SSSR count). The van der Waals surface area contributed by atoms with Crippen molar-refractivity contribution >= 4 is 22.0 Å². The molecule has 0 radical (unpaired) electrons. The smallest absolute Gasteiger partial charge is 0.307 e. The summed E-state index contributed by atoms with van der Waals surface area (Å²) in [5, 5.41) is 30.2. The number of furan rings is 1. The average Bonchev–Trinajstić information content (AvgIpc) is 3.50. The molecule has 4 aliphatic rings. The molecule has 4 bridgehead atoms. The molecule has 0 amide bonds. The van der Waals surface area contributed by atoms with Crippen molar-refractivity contribution in [2.75, 3.05) is 0 Å². The zero-order valence-electron chi connectivity index (χ0n) is 17.3. The van der Waals surface area contributed by atoms with E-state index in [0.717, 1.165) is 35.7 Å². The molecule has 4 aliphatic carbocycles. The van der Waals surface area contributed by atoms with Crippen LogP contribution in [0.15, 0.2) is 35.2 Å². The van der Waals surface area contributed by atoms with Crippen LogP contribution in [-0.4, -0.2) is 34.5 Å². The molecule has 0 N–H and O–H groups in total. The molecule has 164 valence electrons. The van der Waals surface area contributed by atoms with E-state index in [1.807, 2.05) is 16.8 Å². The van der Waals surface area contributed by atoms with E-state index in [-0.39, 0.29) is 21.6 Å². The quantitative estimate of drug-likeness (QED) is 0.331. The van der Waals surface area contributed by atoms with Gasteiger partial charge < -0.3 is 4.42 Å². The van der Waals surface area contributed by atoms with Crippen LogP contribution in [-0.2, 0) is 12.0 Å². The number of nitro groups is 1. The van der Waals surface area contributed by atoms with E-state index in [1.165, 1.54) is 25.5 Å². The predicted molar refractivity (Wildman–Crippen MR) is 114 cm³/mol. The van der Waals surface area contributed by atoms with Crippen LogP contribution in [0.4, 0.5) is 5.69 Å². The molecule has 4 heterocycles. The van der Waals surface area contributed by atoms with Gasteiger partial charge in [-0.1, -0.05) is 11.3 Å². The minimum Gasteiger partial charge on any atom is -0.461 e. The van der Waals surface area contributed by atoms with Crippen molar-refractivity contribution in [3.05, 3.63) is 45.9 Å². The van der Waals surface area contributed by atoms with Crippen molar-refractivity contribution in [2.45, 2.75) is 50.5 Å². The molecule has 32 heavy (non-hydrogen) atoms. The summed E-state index contributed by atoms with van der Waals surface area (Å²) in [6, 6.07) is 3.69. The lowest BCUT2D eigenvalue weighted by Gasteiger charge is -2.62. The summed E-state index contributed by atoms with van der Waals surface area (Å²) >= 11 is 1.59. The third-order valence-electron chi connectivity index (χ3n) is 7.72. The Morgan fingerprint density at radius 3 is 2.81 bits per heavy atom. The second-order valence-electron chi connectivity index (χ2n) is 9.95. The highest BCUT2D eigenvalue weighted by Gasteiger charge is 2.59.